The van der Waals surface area contributed by atoms with Crippen LogP contribution in [-0.2, 0) is 6.54 Å². The van der Waals surface area contributed by atoms with Crippen molar-refractivity contribution in [1.29, 1.82) is 0 Å². The van der Waals surface area contributed by atoms with E-state index in [-0.39, 0.29) is 5.56 Å². The number of likely N-dealkylation sites (tertiary alicyclic amines) is 1. The number of carbonyl (C=O) groups is 1. The molecule has 1 aromatic carbocycles. The van der Waals surface area contributed by atoms with Gasteiger partial charge in [-0.1, -0.05) is 19.4 Å². The average molecular weight is 251 g/mol. The summed E-state index contributed by atoms with van der Waals surface area (Å²) in [5.41, 5.74) is 0.629. The van der Waals surface area contributed by atoms with Crippen LogP contribution in [0.3, 0.4) is 0 Å². The second kappa shape index (κ2) is 5.48. The number of hydrogen-bond acceptors (Lipinski definition) is 2. The van der Waals surface area contributed by atoms with Gasteiger partial charge in [0.25, 0.3) is 0 Å². The largest absolute Gasteiger partial charge is 0.478 e. The molecule has 0 aromatic heterocycles. The molecular formula is C14H18FNO2. The highest BCUT2D eigenvalue weighted by Crippen LogP contribution is 2.21. The molecule has 0 amide bonds. The molecular weight excluding hydrogens is 233 g/mol. The molecule has 0 bridgehead atoms. The Hall–Kier alpha value is -1.42. The van der Waals surface area contributed by atoms with Crippen LogP contribution in [0.25, 0.3) is 0 Å². The highest BCUT2D eigenvalue weighted by molar-refractivity contribution is 5.88. The number of nitrogens with zero attached hydrogens (tertiary/aromatic N) is 1. The summed E-state index contributed by atoms with van der Waals surface area (Å²) in [6.07, 6.45) is 2.38. The highest BCUT2D eigenvalue weighted by atomic mass is 19.1. The predicted octanol–water partition coefficient (Wildman–Crippen LogP) is 2.76. The van der Waals surface area contributed by atoms with Gasteiger partial charge in [-0.25, -0.2) is 9.18 Å². The minimum atomic E-state index is -1.21. The van der Waals surface area contributed by atoms with Gasteiger partial charge in [0.1, 0.15) is 5.82 Å². The zero-order valence-corrected chi connectivity index (χ0v) is 10.5. The van der Waals surface area contributed by atoms with Crippen LogP contribution in [0.5, 0.6) is 0 Å². The van der Waals surface area contributed by atoms with Gasteiger partial charge in [0, 0.05) is 13.1 Å². The van der Waals surface area contributed by atoms with Gasteiger partial charge < -0.3 is 5.11 Å². The van der Waals surface area contributed by atoms with Crippen LogP contribution in [0.15, 0.2) is 18.2 Å². The summed E-state index contributed by atoms with van der Waals surface area (Å²) >= 11 is 0. The third kappa shape index (κ3) is 2.88. The molecule has 18 heavy (non-hydrogen) atoms. The van der Waals surface area contributed by atoms with Crippen LogP contribution >= 0.6 is 0 Å². The number of hydrogen-bond donors (Lipinski definition) is 1. The lowest BCUT2D eigenvalue weighted by molar-refractivity contribution is 0.0691. The Bertz CT molecular complexity index is 447. The summed E-state index contributed by atoms with van der Waals surface area (Å²) in [6.45, 7) is 4.99. The third-order valence-corrected chi connectivity index (χ3v) is 3.61. The molecule has 1 saturated heterocycles. The van der Waals surface area contributed by atoms with E-state index in [2.05, 4.69) is 11.8 Å². The Morgan fingerprint density at radius 1 is 1.56 bits per heavy atom. The molecule has 1 aliphatic rings. The van der Waals surface area contributed by atoms with E-state index >= 15 is 0 Å². The predicted molar refractivity (Wildman–Crippen MR) is 67.0 cm³/mol. The molecule has 0 spiro atoms. The molecule has 3 nitrogen and oxygen atoms in total. The first-order valence-electron chi connectivity index (χ1n) is 6.34. The van der Waals surface area contributed by atoms with Crippen molar-refractivity contribution in [3.8, 4) is 0 Å². The monoisotopic (exact) mass is 251 g/mol. The molecule has 0 aliphatic carbocycles. The second-order valence-electron chi connectivity index (χ2n) is 4.92. The van der Waals surface area contributed by atoms with Crippen LogP contribution in [0.2, 0.25) is 0 Å². The van der Waals surface area contributed by atoms with Crippen molar-refractivity contribution >= 4 is 5.97 Å². The van der Waals surface area contributed by atoms with E-state index in [1.54, 1.807) is 6.07 Å². The van der Waals surface area contributed by atoms with Crippen molar-refractivity contribution < 1.29 is 14.3 Å². The Kier molecular flexibility index (Phi) is 3.97. The lowest BCUT2D eigenvalue weighted by atomic mass is 10.1. The number of rotatable bonds is 4. The Morgan fingerprint density at radius 2 is 2.33 bits per heavy atom. The molecule has 1 heterocycles. The lowest BCUT2D eigenvalue weighted by Gasteiger charge is -2.16. The third-order valence-electron chi connectivity index (χ3n) is 3.61. The van der Waals surface area contributed by atoms with E-state index in [0.29, 0.717) is 6.54 Å². The van der Waals surface area contributed by atoms with Gasteiger partial charge >= 0.3 is 5.97 Å². The molecule has 1 unspecified atom stereocenters. The average Bonchev–Trinajstić information content (AvgIpc) is 2.79. The first-order valence-corrected chi connectivity index (χ1v) is 6.34. The number of carboxylic acids is 1. The van der Waals surface area contributed by atoms with Crippen molar-refractivity contribution in [1.82, 2.24) is 4.90 Å². The quantitative estimate of drug-likeness (QED) is 0.894. The number of carboxylic acid groups (broad SMARTS) is 1. The van der Waals surface area contributed by atoms with Crippen molar-refractivity contribution in [2.24, 2.45) is 5.92 Å². The maximum atomic E-state index is 13.3. The van der Waals surface area contributed by atoms with Gasteiger partial charge in [-0.05, 0) is 36.6 Å². The van der Waals surface area contributed by atoms with Crippen molar-refractivity contribution in [2.75, 3.05) is 13.1 Å². The van der Waals surface area contributed by atoms with E-state index in [0.717, 1.165) is 24.6 Å². The van der Waals surface area contributed by atoms with Gasteiger partial charge in [0.15, 0.2) is 0 Å². The Balaban J connectivity index is 2.06. The SMILES string of the molecule is CCC1CCN(Cc2ccc(F)c(C(=O)O)c2)C1. The molecule has 1 atom stereocenters. The normalized spacial score (nSPS) is 20.2. The van der Waals surface area contributed by atoms with Gasteiger partial charge in [-0.3, -0.25) is 4.90 Å². The Morgan fingerprint density at radius 3 is 2.94 bits per heavy atom. The highest BCUT2D eigenvalue weighted by Gasteiger charge is 2.21. The summed E-state index contributed by atoms with van der Waals surface area (Å²) in [7, 11) is 0. The van der Waals surface area contributed by atoms with E-state index < -0.39 is 11.8 Å². The fourth-order valence-electron chi connectivity index (χ4n) is 2.48. The molecule has 1 N–H and O–H groups in total. The summed E-state index contributed by atoms with van der Waals surface area (Å²) in [5.74, 6) is -1.13. The summed E-state index contributed by atoms with van der Waals surface area (Å²) in [5, 5.41) is 8.88. The fourth-order valence-corrected chi connectivity index (χ4v) is 2.48. The summed E-state index contributed by atoms with van der Waals surface area (Å²) in [4.78, 5) is 13.2. The standard InChI is InChI=1S/C14H18FNO2/c1-2-10-5-6-16(8-10)9-11-3-4-13(15)12(7-11)14(17)18/h3-4,7,10H,2,5-6,8-9H2,1H3,(H,17,18). The molecule has 1 aliphatic heterocycles. The van der Waals surface area contributed by atoms with E-state index in [4.69, 9.17) is 5.11 Å². The summed E-state index contributed by atoms with van der Waals surface area (Å²) < 4.78 is 13.3. The molecule has 1 fully saturated rings. The number of benzene rings is 1. The fraction of sp³-hybridized carbons (Fsp3) is 0.500. The van der Waals surface area contributed by atoms with Gasteiger partial charge in [-0.2, -0.15) is 0 Å². The van der Waals surface area contributed by atoms with Crippen LogP contribution in [0, 0.1) is 11.7 Å². The second-order valence-corrected chi connectivity index (χ2v) is 4.92. The van der Waals surface area contributed by atoms with Gasteiger partial charge in [0.05, 0.1) is 5.56 Å². The topological polar surface area (TPSA) is 40.5 Å². The zero-order chi connectivity index (χ0) is 13.1. The van der Waals surface area contributed by atoms with Gasteiger partial charge in [0.2, 0.25) is 0 Å². The van der Waals surface area contributed by atoms with Gasteiger partial charge in [-0.15, -0.1) is 0 Å². The molecule has 2 rings (SSSR count). The first kappa shape index (κ1) is 13.0. The Labute approximate surface area is 106 Å². The number of aromatic carboxylic acids is 1. The molecule has 1 aromatic rings. The number of halogens is 1. The van der Waals surface area contributed by atoms with Crippen molar-refractivity contribution in [3.05, 3.63) is 35.1 Å². The molecule has 4 heteroatoms. The first-order chi connectivity index (χ1) is 8.60. The van der Waals surface area contributed by atoms with Crippen molar-refractivity contribution in [3.63, 3.8) is 0 Å². The van der Waals surface area contributed by atoms with Crippen LogP contribution in [0.1, 0.15) is 35.7 Å². The maximum absolute atomic E-state index is 13.3. The molecule has 0 saturated carbocycles. The molecule has 0 radical (unpaired) electrons. The van der Waals surface area contributed by atoms with Crippen molar-refractivity contribution in [2.45, 2.75) is 26.3 Å². The zero-order valence-electron chi connectivity index (χ0n) is 10.5. The van der Waals surface area contributed by atoms with Crippen LogP contribution in [0.4, 0.5) is 4.39 Å². The maximum Gasteiger partial charge on any atom is 0.338 e. The molecule has 98 valence electrons. The van der Waals surface area contributed by atoms with E-state index in [9.17, 15) is 9.18 Å². The smallest absolute Gasteiger partial charge is 0.338 e. The van der Waals surface area contributed by atoms with E-state index in [1.807, 2.05) is 0 Å². The van der Waals surface area contributed by atoms with E-state index in [1.165, 1.54) is 25.0 Å². The van der Waals surface area contributed by atoms with Crippen LogP contribution < -0.4 is 0 Å². The lowest BCUT2D eigenvalue weighted by Crippen LogP contribution is -2.20. The minimum Gasteiger partial charge on any atom is -0.478 e. The minimum absolute atomic E-state index is 0.237. The summed E-state index contributed by atoms with van der Waals surface area (Å²) in [6, 6.07) is 4.35. The van der Waals surface area contributed by atoms with Crippen LogP contribution in [-0.4, -0.2) is 29.1 Å².